The first kappa shape index (κ1) is 16.1. The highest BCUT2D eigenvalue weighted by Gasteiger charge is 2.30. The summed E-state index contributed by atoms with van der Waals surface area (Å²) in [6.45, 7) is 2.19. The Bertz CT molecular complexity index is 773. The van der Waals surface area contributed by atoms with Gasteiger partial charge in [0, 0.05) is 13.5 Å². The summed E-state index contributed by atoms with van der Waals surface area (Å²) in [5.41, 5.74) is 9.25. The fourth-order valence-corrected chi connectivity index (χ4v) is 3.24. The fourth-order valence-electron chi connectivity index (χ4n) is 3.24. The van der Waals surface area contributed by atoms with E-state index >= 15 is 0 Å². The molecule has 2 aromatic carbocycles. The number of hydrogen-bond acceptors (Lipinski definition) is 3. The number of nitrogens with two attached hydrogens (primary N) is 1. The second-order valence-corrected chi connectivity index (χ2v) is 6.02. The van der Waals surface area contributed by atoms with E-state index in [9.17, 15) is 9.59 Å². The Morgan fingerprint density at radius 2 is 1.88 bits per heavy atom. The van der Waals surface area contributed by atoms with Crippen LogP contribution in [0.2, 0.25) is 0 Å². The molecule has 5 heteroatoms. The Balaban J connectivity index is 1.82. The van der Waals surface area contributed by atoms with E-state index in [1.165, 1.54) is 5.56 Å². The number of nitrogen functional groups attached to an aromatic ring is 1. The van der Waals surface area contributed by atoms with Gasteiger partial charge in [-0.25, -0.2) is 0 Å². The van der Waals surface area contributed by atoms with Crippen molar-refractivity contribution in [1.82, 2.24) is 4.90 Å². The number of para-hydroxylation sites is 2. The number of fused-ring (bicyclic) bond motifs is 1. The Morgan fingerprint density at radius 1 is 1.17 bits per heavy atom. The largest absolute Gasteiger partial charge is 0.397 e. The van der Waals surface area contributed by atoms with Gasteiger partial charge in [-0.15, -0.1) is 0 Å². The molecule has 1 heterocycles. The Hall–Kier alpha value is -2.82. The number of benzene rings is 2. The van der Waals surface area contributed by atoms with Crippen molar-refractivity contribution in [3.63, 3.8) is 0 Å². The molecule has 0 saturated heterocycles. The lowest BCUT2D eigenvalue weighted by atomic mass is 9.90. The van der Waals surface area contributed by atoms with Gasteiger partial charge in [-0.1, -0.05) is 36.4 Å². The molecule has 0 spiro atoms. The van der Waals surface area contributed by atoms with E-state index in [1.807, 2.05) is 30.3 Å². The summed E-state index contributed by atoms with van der Waals surface area (Å²) >= 11 is 0. The number of nitrogens with zero attached hydrogens (tertiary/aromatic N) is 1. The van der Waals surface area contributed by atoms with Crippen molar-refractivity contribution in [1.29, 1.82) is 0 Å². The van der Waals surface area contributed by atoms with Gasteiger partial charge in [0.1, 0.15) is 0 Å². The molecule has 1 aliphatic rings. The lowest BCUT2D eigenvalue weighted by molar-refractivity contribution is -0.132. The molecule has 0 radical (unpaired) electrons. The molecule has 24 heavy (non-hydrogen) atoms. The maximum absolute atomic E-state index is 12.5. The molecule has 1 atom stereocenters. The van der Waals surface area contributed by atoms with Gasteiger partial charge in [0.2, 0.25) is 11.8 Å². The van der Waals surface area contributed by atoms with E-state index in [2.05, 4.69) is 11.4 Å². The number of rotatable bonds is 3. The quantitative estimate of drug-likeness (QED) is 0.853. The molecule has 1 aliphatic heterocycles. The molecule has 2 aromatic rings. The summed E-state index contributed by atoms with van der Waals surface area (Å²) in [6.07, 6.45) is 1.03. The van der Waals surface area contributed by atoms with Crippen LogP contribution in [0.25, 0.3) is 0 Å². The van der Waals surface area contributed by atoms with Crippen LogP contribution in [0.3, 0.4) is 0 Å². The predicted molar refractivity (Wildman–Crippen MR) is 94.4 cm³/mol. The van der Waals surface area contributed by atoms with Crippen molar-refractivity contribution < 1.29 is 9.59 Å². The first-order valence-corrected chi connectivity index (χ1v) is 8.05. The second kappa shape index (κ2) is 6.74. The third kappa shape index (κ3) is 3.25. The normalized spacial score (nSPS) is 16.4. The number of carbonyl (C=O) groups excluding carboxylic acids is 2. The highest BCUT2D eigenvalue weighted by molar-refractivity contribution is 5.94. The van der Waals surface area contributed by atoms with Crippen molar-refractivity contribution in [3.8, 4) is 0 Å². The third-order valence-corrected chi connectivity index (χ3v) is 4.43. The van der Waals surface area contributed by atoms with Crippen molar-refractivity contribution in [3.05, 3.63) is 59.7 Å². The van der Waals surface area contributed by atoms with Gasteiger partial charge in [-0.05, 0) is 29.7 Å². The minimum atomic E-state index is -0.239. The number of amides is 2. The van der Waals surface area contributed by atoms with Crippen molar-refractivity contribution >= 4 is 23.2 Å². The van der Waals surface area contributed by atoms with E-state index in [4.69, 9.17) is 5.73 Å². The minimum Gasteiger partial charge on any atom is -0.397 e. The Morgan fingerprint density at radius 3 is 2.62 bits per heavy atom. The average molecular weight is 323 g/mol. The number of nitrogens with one attached hydrogen (secondary N) is 1. The van der Waals surface area contributed by atoms with Gasteiger partial charge in [0.15, 0.2) is 0 Å². The summed E-state index contributed by atoms with van der Waals surface area (Å²) in [5, 5.41) is 2.85. The summed E-state index contributed by atoms with van der Waals surface area (Å²) in [5.74, 6) is -0.164. The molecule has 0 saturated carbocycles. The summed E-state index contributed by atoms with van der Waals surface area (Å²) in [7, 11) is 0. The zero-order valence-electron chi connectivity index (χ0n) is 13.7. The van der Waals surface area contributed by atoms with Crippen LogP contribution in [-0.2, 0) is 16.0 Å². The molecule has 124 valence electrons. The van der Waals surface area contributed by atoms with Crippen LogP contribution in [0.4, 0.5) is 11.4 Å². The standard InChI is InChI=1S/C19H21N3O2/c1-13(23)22-11-10-14-6-2-3-7-15(14)18(22)12-19(24)21-17-9-5-4-8-16(17)20/h2-9,18H,10-12,20H2,1H3,(H,21,24). The predicted octanol–water partition coefficient (Wildman–Crippen LogP) is 2.74. The summed E-state index contributed by atoms with van der Waals surface area (Å²) < 4.78 is 0. The summed E-state index contributed by atoms with van der Waals surface area (Å²) in [4.78, 5) is 26.3. The van der Waals surface area contributed by atoms with E-state index in [0.29, 0.717) is 17.9 Å². The van der Waals surface area contributed by atoms with Crippen molar-refractivity contribution in [2.45, 2.75) is 25.8 Å². The third-order valence-electron chi connectivity index (χ3n) is 4.43. The maximum atomic E-state index is 12.5. The topological polar surface area (TPSA) is 75.4 Å². The van der Waals surface area contributed by atoms with Gasteiger partial charge < -0.3 is 16.0 Å². The SMILES string of the molecule is CC(=O)N1CCc2ccccc2C1CC(=O)Nc1ccccc1N. The van der Waals surface area contributed by atoms with Crippen LogP contribution in [0.1, 0.15) is 30.5 Å². The molecule has 5 nitrogen and oxygen atoms in total. The van der Waals surface area contributed by atoms with Crippen LogP contribution in [0, 0.1) is 0 Å². The first-order valence-electron chi connectivity index (χ1n) is 8.05. The molecule has 1 unspecified atom stereocenters. The minimum absolute atomic E-state index is 0.0125. The smallest absolute Gasteiger partial charge is 0.226 e. The summed E-state index contributed by atoms with van der Waals surface area (Å²) in [6, 6.07) is 14.9. The second-order valence-electron chi connectivity index (χ2n) is 6.02. The molecular weight excluding hydrogens is 302 g/mol. The van der Waals surface area contributed by atoms with Crippen LogP contribution >= 0.6 is 0 Å². The van der Waals surface area contributed by atoms with E-state index in [0.717, 1.165) is 12.0 Å². The lowest BCUT2D eigenvalue weighted by Crippen LogP contribution is -2.40. The molecule has 0 aliphatic carbocycles. The molecule has 0 bridgehead atoms. The highest BCUT2D eigenvalue weighted by Crippen LogP contribution is 2.32. The van der Waals surface area contributed by atoms with Crippen LogP contribution < -0.4 is 11.1 Å². The molecule has 0 fully saturated rings. The fraction of sp³-hybridized carbons (Fsp3) is 0.263. The molecule has 3 N–H and O–H groups in total. The highest BCUT2D eigenvalue weighted by atomic mass is 16.2. The van der Waals surface area contributed by atoms with E-state index in [1.54, 1.807) is 24.0 Å². The van der Waals surface area contributed by atoms with Gasteiger partial charge >= 0.3 is 0 Å². The number of carbonyl (C=O) groups is 2. The number of hydrogen-bond donors (Lipinski definition) is 2. The van der Waals surface area contributed by atoms with Gasteiger partial charge in [0.05, 0.1) is 23.8 Å². The molecular formula is C19H21N3O2. The average Bonchev–Trinajstić information content (AvgIpc) is 2.57. The molecule has 3 rings (SSSR count). The van der Waals surface area contributed by atoms with Gasteiger partial charge in [-0.3, -0.25) is 9.59 Å². The first-order chi connectivity index (χ1) is 11.6. The van der Waals surface area contributed by atoms with E-state index in [-0.39, 0.29) is 24.3 Å². The van der Waals surface area contributed by atoms with Crippen molar-refractivity contribution in [2.24, 2.45) is 0 Å². The van der Waals surface area contributed by atoms with Gasteiger partial charge in [0.25, 0.3) is 0 Å². The number of anilines is 2. The van der Waals surface area contributed by atoms with Crippen LogP contribution in [-0.4, -0.2) is 23.3 Å². The maximum Gasteiger partial charge on any atom is 0.226 e. The van der Waals surface area contributed by atoms with Crippen LogP contribution in [0.15, 0.2) is 48.5 Å². The zero-order chi connectivity index (χ0) is 17.1. The Kier molecular flexibility index (Phi) is 4.51. The zero-order valence-corrected chi connectivity index (χ0v) is 13.7. The molecule has 2 amide bonds. The monoisotopic (exact) mass is 323 g/mol. The van der Waals surface area contributed by atoms with Gasteiger partial charge in [-0.2, -0.15) is 0 Å². The lowest BCUT2D eigenvalue weighted by Gasteiger charge is -2.36. The molecule has 0 aromatic heterocycles. The van der Waals surface area contributed by atoms with Crippen molar-refractivity contribution in [2.75, 3.05) is 17.6 Å². The van der Waals surface area contributed by atoms with Crippen LogP contribution in [0.5, 0.6) is 0 Å². The Labute approximate surface area is 141 Å². The van der Waals surface area contributed by atoms with E-state index < -0.39 is 0 Å².